The predicted octanol–water partition coefficient (Wildman–Crippen LogP) is 0.360. The lowest BCUT2D eigenvalue weighted by atomic mass is 10.4. The highest BCUT2D eigenvalue weighted by Crippen LogP contribution is 2.19. The number of nitrogens with two attached hydrogens (primary N) is 1. The zero-order valence-electron chi connectivity index (χ0n) is 6.93. The fourth-order valence-electron chi connectivity index (χ4n) is 0.871. The summed E-state index contributed by atoms with van der Waals surface area (Å²) in [7, 11) is 0. The van der Waals surface area contributed by atoms with Crippen LogP contribution in [0.15, 0.2) is 18.3 Å². The molecule has 6 nitrogen and oxygen atoms in total. The summed E-state index contributed by atoms with van der Waals surface area (Å²) < 4.78 is 0. The number of anilines is 1. The largest absolute Gasteiger partial charge is 0.363 e. The highest BCUT2D eigenvalue weighted by molar-refractivity contribution is 5.54. The minimum absolute atomic E-state index is 0.0315. The van der Waals surface area contributed by atoms with Crippen molar-refractivity contribution in [1.29, 1.82) is 0 Å². The normalized spacial score (nSPS) is 9.62. The Kier molecular flexibility index (Phi) is 3.15. The van der Waals surface area contributed by atoms with E-state index in [-0.39, 0.29) is 11.5 Å². The standard InChI is InChI=1S/C7H10N4O2/c8-3-5-10-7-6(11(12)13)2-1-4-9-7/h1-2,4H,3,5,8H2,(H,9,10). The van der Waals surface area contributed by atoms with Crippen molar-refractivity contribution in [2.45, 2.75) is 0 Å². The summed E-state index contributed by atoms with van der Waals surface area (Å²) in [6, 6.07) is 2.91. The van der Waals surface area contributed by atoms with Gasteiger partial charge < -0.3 is 11.1 Å². The molecule has 0 unspecified atom stereocenters. The maximum absolute atomic E-state index is 10.5. The van der Waals surface area contributed by atoms with E-state index in [0.29, 0.717) is 13.1 Å². The van der Waals surface area contributed by atoms with E-state index in [4.69, 9.17) is 5.73 Å². The van der Waals surface area contributed by atoms with Gasteiger partial charge in [0, 0.05) is 25.4 Å². The average Bonchev–Trinajstić information content (AvgIpc) is 2.15. The smallest absolute Gasteiger partial charge is 0.311 e. The van der Waals surface area contributed by atoms with Crippen LogP contribution in [0.3, 0.4) is 0 Å². The van der Waals surface area contributed by atoms with E-state index in [2.05, 4.69) is 10.3 Å². The fourth-order valence-corrected chi connectivity index (χ4v) is 0.871. The van der Waals surface area contributed by atoms with Gasteiger partial charge in [0.25, 0.3) is 0 Å². The second kappa shape index (κ2) is 4.36. The number of nitrogens with zero attached hydrogens (tertiary/aromatic N) is 2. The number of nitrogens with one attached hydrogen (secondary N) is 1. The minimum atomic E-state index is -0.480. The van der Waals surface area contributed by atoms with Crippen LogP contribution in [0.25, 0.3) is 0 Å². The molecule has 1 aromatic rings. The first-order valence-corrected chi connectivity index (χ1v) is 3.79. The lowest BCUT2D eigenvalue weighted by Gasteiger charge is -2.02. The SMILES string of the molecule is NCCNc1ncccc1[N+](=O)[O-]. The summed E-state index contributed by atoms with van der Waals surface area (Å²) in [5.41, 5.74) is 5.21. The molecule has 0 aliphatic rings. The molecule has 0 amide bonds. The first-order chi connectivity index (χ1) is 6.25. The van der Waals surface area contributed by atoms with E-state index in [0.717, 1.165) is 0 Å². The second-order valence-corrected chi connectivity index (χ2v) is 2.34. The van der Waals surface area contributed by atoms with Crippen molar-refractivity contribution >= 4 is 11.5 Å². The first kappa shape index (κ1) is 9.40. The summed E-state index contributed by atoms with van der Waals surface area (Å²) >= 11 is 0. The Morgan fingerprint density at radius 3 is 3.08 bits per heavy atom. The van der Waals surface area contributed by atoms with Gasteiger partial charge in [-0.3, -0.25) is 10.1 Å². The quantitative estimate of drug-likeness (QED) is 0.518. The molecule has 6 heteroatoms. The third-order valence-electron chi connectivity index (χ3n) is 1.42. The van der Waals surface area contributed by atoms with Crippen molar-refractivity contribution < 1.29 is 4.92 Å². The summed E-state index contributed by atoms with van der Waals surface area (Å²) in [6.07, 6.45) is 1.49. The van der Waals surface area contributed by atoms with Crippen LogP contribution < -0.4 is 11.1 Å². The van der Waals surface area contributed by atoms with Crippen LogP contribution in [-0.2, 0) is 0 Å². The summed E-state index contributed by atoms with van der Waals surface area (Å²) in [5, 5.41) is 13.2. The zero-order valence-corrected chi connectivity index (χ0v) is 6.93. The van der Waals surface area contributed by atoms with Gasteiger partial charge in [-0.25, -0.2) is 4.98 Å². The predicted molar refractivity (Wildman–Crippen MR) is 48.4 cm³/mol. The van der Waals surface area contributed by atoms with Crippen LogP contribution in [0.1, 0.15) is 0 Å². The molecule has 0 fully saturated rings. The number of pyridine rings is 1. The molecule has 0 aromatic carbocycles. The van der Waals surface area contributed by atoms with Gasteiger partial charge in [-0.1, -0.05) is 0 Å². The van der Waals surface area contributed by atoms with E-state index in [1.165, 1.54) is 18.3 Å². The van der Waals surface area contributed by atoms with Crippen molar-refractivity contribution in [1.82, 2.24) is 4.98 Å². The van der Waals surface area contributed by atoms with Crippen molar-refractivity contribution in [3.8, 4) is 0 Å². The van der Waals surface area contributed by atoms with E-state index in [1.54, 1.807) is 0 Å². The second-order valence-electron chi connectivity index (χ2n) is 2.34. The van der Waals surface area contributed by atoms with Crippen molar-refractivity contribution in [3.05, 3.63) is 28.4 Å². The van der Waals surface area contributed by atoms with Gasteiger partial charge in [0.05, 0.1) is 4.92 Å². The van der Waals surface area contributed by atoms with Gasteiger partial charge in [-0.2, -0.15) is 0 Å². The van der Waals surface area contributed by atoms with Crippen molar-refractivity contribution in [3.63, 3.8) is 0 Å². The number of rotatable bonds is 4. The van der Waals surface area contributed by atoms with Crippen molar-refractivity contribution in [2.75, 3.05) is 18.4 Å². The van der Waals surface area contributed by atoms with Gasteiger partial charge in [0.1, 0.15) is 0 Å². The van der Waals surface area contributed by atoms with Crippen molar-refractivity contribution in [2.24, 2.45) is 5.73 Å². The Bertz CT molecular complexity index is 302. The minimum Gasteiger partial charge on any atom is -0.363 e. The Hall–Kier alpha value is -1.69. The van der Waals surface area contributed by atoms with E-state index in [1.807, 2.05) is 0 Å². The van der Waals surface area contributed by atoms with E-state index < -0.39 is 4.92 Å². The lowest BCUT2D eigenvalue weighted by Crippen LogP contribution is -2.14. The van der Waals surface area contributed by atoms with Gasteiger partial charge in [-0.05, 0) is 6.07 Å². The van der Waals surface area contributed by atoms with Crippen LogP contribution in [0.5, 0.6) is 0 Å². The van der Waals surface area contributed by atoms with E-state index >= 15 is 0 Å². The Labute approximate surface area is 74.9 Å². The summed E-state index contributed by atoms with van der Waals surface area (Å²) in [6.45, 7) is 0.881. The topological polar surface area (TPSA) is 94.1 Å². The molecule has 0 radical (unpaired) electrons. The fraction of sp³-hybridized carbons (Fsp3) is 0.286. The maximum Gasteiger partial charge on any atom is 0.311 e. The average molecular weight is 182 g/mol. The van der Waals surface area contributed by atoms with Crippen LogP contribution in [0, 0.1) is 10.1 Å². The summed E-state index contributed by atoms with van der Waals surface area (Å²) in [5.74, 6) is 0.262. The van der Waals surface area contributed by atoms with Crippen LogP contribution in [-0.4, -0.2) is 23.0 Å². The monoisotopic (exact) mass is 182 g/mol. The van der Waals surface area contributed by atoms with Crippen LogP contribution in [0.2, 0.25) is 0 Å². The number of hydrogen-bond donors (Lipinski definition) is 2. The molecule has 0 aliphatic carbocycles. The molecule has 0 atom stereocenters. The maximum atomic E-state index is 10.5. The number of hydrogen-bond acceptors (Lipinski definition) is 5. The van der Waals surface area contributed by atoms with Crippen LogP contribution >= 0.6 is 0 Å². The summed E-state index contributed by atoms with van der Waals surface area (Å²) in [4.78, 5) is 13.8. The highest BCUT2D eigenvalue weighted by Gasteiger charge is 2.12. The molecule has 0 spiro atoms. The van der Waals surface area contributed by atoms with Gasteiger partial charge in [0.15, 0.2) is 0 Å². The Morgan fingerprint density at radius 2 is 2.46 bits per heavy atom. The Morgan fingerprint density at radius 1 is 1.69 bits per heavy atom. The molecular formula is C7H10N4O2. The molecule has 1 rings (SSSR count). The molecule has 70 valence electrons. The zero-order chi connectivity index (χ0) is 9.68. The molecule has 13 heavy (non-hydrogen) atoms. The Balaban J connectivity index is 2.84. The van der Waals surface area contributed by atoms with Gasteiger partial charge in [-0.15, -0.1) is 0 Å². The molecule has 0 aliphatic heterocycles. The lowest BCUT2D eigenvalue weighted by molar-refractivity contribution is -0.384. The molecule has 0 bridgehead atoms. The van der Waals surface area contributed by atoms with Gasteiger partial charge >= 0.3 is 5.69 Å². The molecule has 1 aromatic heterocycles. The number of nitro groups is 1. The molecule has 0 saturated heterocycles. The molecule has 3 N–H and O–H groups in total. The van der Waals surface area contributed by atoms with E-state index in [9.17, 15) is 10.1 Å². The molecular weight excluding hydrogens is 172 g/mol. The third-order valence-corrected chi connectivity index (χ3v) is 1.42. The first-order valence-electron chi connectivity index (χ1n) is 3.79. The molecule has 0 saturated carbocycles. The third kappa shape index (κ3) is 2.38. The number of aromatic nitrogens is 1. The molecule has 1 heterocycles. The van der Waals surface area contributed by atoms with Gasteiger partial charge in [0.2, 0.25) is 5.82 Å². The highest BCUT2D eigenvalue weighted by atomic mass is 16.6. The van der Waals surface area contributed by atoms with Crippen LogP contribution in [0.4, 0.5) is 11.5 Å².